The first-order chi connectivity index (χ1) is 8.12. The van der Waals surface area contributed by atoms with Crippen molar-refractivity contribution < 1.29 is 4.79 Å². The van der Waals surface area contributed by atoms with Crippen molar-refractivity contribution >= 4 is 5.78 Å². The van der Waals surface area contributed by atoms with E-state index in [1.807, 2.05) is 24.7 Å². The number of Topliss-reactive ketones (excluding diaryl/α,β-unsaturated/α-hetero) is 1. The fourth-order valence-electron chi connectivity index (χ4n) is 1.88. The number of ketones is 1. The molecular formula is C13H23N3O. The van der Waals surface area contributed by atoms with E-state index in [-0.39, 0.29) is 11.7 Å². The molecule has 96 valence electrons. The zero-order chi connectivity index (χ0) is 12.8. The van der Waals surface area contributed by atoms with E-state index < -0.39 is 0 Å². The lowest BCUT2D eigenvalue weighted by molar-refractivity contribution is -0.121. The minimum absolute atomic E-state index is 0.0604. The van der Waals surface area contributed by atoms with Crippen molar-refractivity contribution in [3.05, 3.63) is 17.5 Å². The van der Waals surface area contributed by atoms with Gasteiger partial charge in [-0.25, -0.2) is 0 Å². The normalized spacial score (nSPS) is 12.7. The Hall–Kier alpha value is -1.16. The third-order valence-electron chi connectivity index (χ3n) is 2.99. The Kier molecular flexibility index (Phi) is 5.35. The Morgan fingerprint density at radius 1 is 1.53 bits per heavy atom. The molecule has 1 atom stereocenters. The third kappa shape index (κ3) is 3.66. The lowest BCUT2D eigenvalue weighted by Gasteiger charge is -2.10. The number of nitrogens with zero attached hydrogens (tertiary/aromatic N) is 2. The largest absolute Gasteiger partial charge is 0.319 e. The SMILES string of the molecule is CCc1cc(CC(=O)C(C)CNC)n(CC)n1. The minimum Gasteiger partial charge on any atom is -0.319 e. The van der Waals surface area contributed by atoms with Gasteiger partial charge in [-0.1, -0.05) is 13.8 Å². The van der Waals surface area contributed by atoms with E-state index in [1.54, 1.807) is 0 Å². The van der Waals surface area contributed by atoms with Gasteiger partial charge in [0.1, 0.15) is 5.78 Å². The van der Waals surface area contributed by atoms with E-state index in [9.17, 15) is 4.79 Å². The summed E-state index contributed by atoms with van der Waals surface area (Å²) in [6, 6.07) is 2.05. The van der Waals surface area contributed by atoms with E-state index in [0.717, 1.165) is 30.9 Å². The zero-order valence-corrected chi connectivity index (χ0v) is 11.3. The Morgan fingerprint density at radius 3 is 2.76 bits per heavy atom. The smallest absolute Gasteiger partial charge is 0.142 e. The first-order valence-corrected chi connectivity index (χ1v) is 6.35. The highest BCUT2D eigenvalue weighted by molar-refractivity contribution is 5.82. The maximum absolute atomic E-state index is 12.0. The van der Waals surface area contributed by atoms with Crippen LogP contribution in [-0.4, -0.2) is 29.2 Å². The lowest BCUT2D eigenvalue weighted by atomic mass is 10.0. The second-order valence-corrected chi connectivity index (χ2v) is 4.40. The van der Waals surface area contributed by atoms with Crippen LogP contribution in [-0.2, 0) is 24.2 Å². The molecule has 0 aliphatic carbocycles. The highest BCUT2D eigenvalue weighted by atomic mass is 16.1. The topological polar surface area (TPSA) is 46.9 Å². The van der Waals surface area contributed by atoms with Crippen molar-refractivity contribution in [2.75, 3.05) is 13.6 Å². The van der Waals surface area contributed by atoms with Gasteiger partial charge >= 0.3 is 0 Å². The number of carbonyl (C=O) groups is 1. The number of hydrogen-bond acceptors (Lipinski definition) is 3. The zero-order valence-electron chi connectivity index (χ0n) is 11.3. The minimum atomic E-state index is 0.0604. The summed E-state index contributed by atoms with van der Waals surface area (Å²) in [5.74, 6) is 0.335. The summed E-state index contributed by atoms with van der Waals surface area (Å²) in [7, 11) is 1.87. The van der Waals surface area contributed by atoms with Gasteiger partial charge in [0, 0.05) is 31.1 Å². The second-order valence-electron chi connectivity index (χ2n) is 4.40. The van der Waals surface area contributed by atoms with Crippen LogP contribution >= 0.6 is 0 Å². The fraction of sp³-hybridized carbons (Fsp3) is 0.692. The molecule has 1 aromatic heterocycles. The van der Waals surface area contributed by atoms with Crippen LogP contribution in [0.5, 0.6) is 0 Å². The molecule has 1 aromatic rings. The standard InChI is InChI=1S/C13H23N3O/c1-5-11-7-12(16(6-2)15-11)8-13(17)10(3)9-14-4/h7,10,14H,5-6,8-9H2,1-4H3. The van der Waals surface area contributed by atoms with Gasteiger partial charge in [0.15, 0.2) is 0 Å². The van der Waals surface area contributed by atoms with E-state index >= 15 is 0 Å². The Labute approximate surface area is 103 Å². The predicted molar refractivity (Wildman–Crippen MR) is 69.1 cm³/mol. The molecule has 0 saturated carbocycles. The van der Waals surface area contributed by atoms with Gasteiger partial charge in [0.05, 0.1) is 5.69 Å². The van der Waals surface area contributed by atoms with Gasteiger partial charge in [0.25, 0.3) is 0 Å². The number of aryl methyl sites for hydroxylation is 2. The molecule has 0 bridgehead atoms. The maximum Gasteiger partial charge on any atom is 0.142 e. The molecule has 0 aromatic carbocycles. The second kappa shape index (κ2) is 6.55. The number of nitrogens with one attached hydrogen (secondary N) is 1. The molecule has 1 unspecified atom stereocenters. The summed E-state index contributed by atoms with van der Waals surface area (Å²) < 4.78 is 1.93. The van der Waals surface area contributed by atoms with Crippen molar-refractivity contribution in [3.8, 4) is 0 Å². The summed E-state index contributed by atoms with van der Waals surface area (Å²) in [4.78, 5) is 12.0. The van der Waals surface area contributed by atoms with Crippen LogP contribution in [0.2, 0.25) is 0 Å². The quantitative estimate of drug-likeness (QED) is 0.780. The van der Waals surface area contributed by atoms with Crippen LogP contribution in [0.15, 0.2) is 6.07 Å². The Bertz CT molecular complexity index is 371. The molecule has 0 saturated heterocycles. The number of carbonyl (C=O) groups excluding carboxylic acids is 1. The molecule has 0 amide bonds. The summed E-state index contributed by atoms with van der Waals surface area (Å²) in [5.41, 5.74) is 2.10. The Balaban J connectivity index is 2.73. The molecule has 0 fully saturated rings. The molecule has 1 rings (SSSR count). The van der Waals surface area contributed by atoms with E-state index in [1.165, 1.54) is 0 Å². The van der Waals surface area contributed by atoms with E-state index in [2.05, 4.69) is 24.3 Å². The molecule has 0 spiro atoms. The summed E-state index contributed by atoms with van der Waals surface area (Å²) in [6.45, 7) is 7.66. The molecule has 17 heavy (non-hydrogen) atoms. The summed E-state index contributed by atoms with van der Waals surface area (Å²) in [6.07, 6.45) is 1.41. The molecule has 1 N–H and O–H groups in total. The lowest BCUT2D eigenvalue weighted by Crippen LogP contribution is -2.25. The van der Waals surface area contributed by atoms with Crippen LogP contribution in [0.25, 0.3) is 0 Å². The van der Waals surface area contributed by atoms with E-state index in [4.69, 9.17) is 0 Å². The van der Waals surface area contributed by atoms with Gasteiger partial charge in [-0.15, -0.1) is 0 Å². The first-order valence-electron chi connectivity index (χ1n) is 6.35. The molecule has 0 aliphatic heterocycles. The van der Waals surface area contributed by atoms with Crippen molar-refractivity contribution in [2.45, 2.75) is 40.2 Å². The molecule has 4 heteroatoms. The van der Waals surface area contributed by atoms with Gasteiger partial charge in [-0.05, 0) is 26.5 Å². The van der Waals surface area contributed by atoms with Gasteiger partial charge < -0.3 is 5.32 Å². The van der Waals surface area contributed by atoms with Crippen molar-refractivity contribution in [2.24, 2.45) is 5.92 Å². The van der Waals surface area contributed by atoms with Gasteiger partial charge in [-0.2, -0.15) is 5.10 Å². The molecule has 4 nitrogen and oxygen atoms in total. The summed E-state index contributed by atoms with van der Waals surface area (Å²) >= 11 is 0. The fourth-order valence-corrected chi connectivity index (χ4v) is 1.88. The number of aromatic nitrogens is 2. The number of rotatable bonds is 7. The summed E-state index contributed by atoms with van der Waals surface area (Å²) in [5, 5.41) is 7.49. The van der Waals surface area contributed by atoms with Crippen LogP contribution < -0.4 is 5.32 Å². The average molecular weight is 237 g/mol. The van der Waals surface area contributed by atoms with E-state index in [0.29, 0.717) is 6.42 Å². The van der Waals surface area contributed by atoms with Crippen LogP contribution in [0, 0.1) is 5.92 Å². The highest BCUT2D eigenvalue weighted by Gasteiger charge is 2.15. The first kappa shape index (κ1) is 13.9. The molecule has 0 aliphatic rings. The van der Waals surface area contributed by atoms with Crippen molar-refractivity contribution in [1.82, 2.24) is 15.1 Å². The monoisotopic (exact) mass is 237 g/mol. The van der Waals surface area contributed by atoms with Crippen LogP contribution in [0.1, 0.15) is 32.2 Å². The number of hydrogen-bond donors (Lipinski definition) is 1. The van der Waals surface area contributed by atoms with Gasteiger partial charge in [-0.3, -0.25) is 9.48 Å². The molecule has 0 radical (unpaired) electrons. The van der Waals surface area contributed by atoms with Crippen molar-refractivity contribution in [3.63, 3.8) is 0 Å². The Morgan fingerprint density at radius 2 is 2.24 bits per heavy atom. The third-order valence-corrected chi connectivity index (χ3v) is 2.99. The van der Waals surface area contributed by atoms with Crippen LogP contribution in [0.4, 0.5) is 0 Å². The average Bonchev–Trinajstić information content (AvgIpc) is 2.71. The van der Waals surface area contributed by atoms with Crippen LogP contribution in [0.3, 0.4) is 0 Å². The highest BCUT2D eigenvalue weighted by Crippen LogP contribution is 2.09. The predicted octanol–water partition coefficient (Wildman–Crippen LogP) is 1.43. The van der Waals surface area contributed by atoms with Crippen molar-refractivity contribution in [1.29, 1.82) is 0 Å². The molecular weight excluding hydrogens is 214 g/mol. The van der Waals surface area contributed by atoms with Gasteiger partial charge in [0.2, 0.25) is 0 Å². The molecule has 1 heterocycles. The maximum atomic E-state index is 12.0.